The number of carbonyl (C=O) groups excluding carboxylic acids is 1. The molecule has 1 unspecified atom stereocenters. The quantitative estimate of drug-likeness (QED) is 0.536. The summed E-state index contributed by atoms with van der Waals surface area (Å²) >= 11 is 1.70. The van der Waals surface area contributed by atoms with Crippen molar-refractivity contribution in [3.05, 3.63) is 0 Å². The van der Waals surface area contributed by atoms with Crippen molar-refractivity contribution in [2.24, 2.45) is 0 Å². The van der Waals surface area contributed by atoms with E-state index >= 15 is 0 Å². The fourth-order valence-corrected chi connectivity index (χ4v) is 1.56. The number of nitrogens with zero attached hydrogens (tertiary/aromatic N) is 1. The molecule has 1 atom stereocenters. The normalized spacial score (nSPS) is 26.1. The van der Waals surface area contributed by atoms with Crippen LogP contribution >= 0.6 is 11.8 Å². The van der Waals surface area contributed by atoms with Crippen LogP contribution in [0.4, 0.5) is 0 Å². The largest absolute Gasteiger partial charge is 0.358 e. The van der Waals surface area contributed by atoms with Crippen LogP contribution in [0.3, 0.4) is 0 Å². The van der Waals surface area contributed by atoms with Crippen molar-refractivity contribution in [3.63, 3.8) is 0 Å². The molecule has 0 saturated carbocycles. The summed E-state index contributed by atoms with van der Waals surface area (Å²) in [5, 5.41) is 6.62. The maximum absolute atomic E-state index is 10.8. The minimum Gasteiger partial charge on any atom is -0.358 e. The van der Waals surface area contributed by atoms with Crippen LogP contribution in [0, 0.1) is 0 Å². The highest BCUT2D eigenvalue weighted by Gasteiger charge is 2.22. The van der Waals surface area contributed by atoms with Gasteiger partial charge in [0.05, 0.1) is 5.88 Å². The molecule has 0 aromatic heterocycles. The van der Waals surface area contributed by atoms with E-state index in [0.717, 1.165) is 11.6 Å². The predicted molar refractivity (Wildman–Crippen MR) is 37.3 cm³/mol. The Morgan fingerprint density at radius 3 is 3.11 bits per heavy atom. The van der Waals surface area contributed by atoms with Crippen molar-refractivity contribution in [3.8, 4) is 0 Å². The first kappa shape index (κ1) is 6.89. The summed E-state index contributed by atoms with van der Waals surface area (Å²) in [6.45, 7) is 0. The van der Waals surface area contributed by atoms with Crippen LogP contribution in [0.15, 0.2) is 0 Å². The van der Waals surface area contributed by atoms with Gasteiger partial charge in [0.1, 0.15) is 6.04 Å². The summed E-state index contributed by atoms with van der Waals surface area (Å²) in [6, 6.07) is -0.0833. The maximum Gasteiger partial charge on any atom is 0.239 e. The number of carbonyl (C=O) groups is 1. The topological polar surface area (TPSA) is 43.2 Å². The molecule has 1 N–H and O–H groups in total. The second-order valence-electron chi connectivity index (χ2n) is 1.81. The van der Waals surface area contributed by atoms with E-state index in [1.807, 2.05) is 0 Å². The summed E-state index contributed by atoms with van der Waals surface area (Å²) in [6.07, 6.45) is 0. The summed E-state index contributed by atoms with van der Waals surface area (Å²) in [7, 11) is 1.64. The summed E-state index contributed by atoms with van der Waals surface area (Å²) in [5.41, 5.74) is 0. The molecule has 0 aliphatic carbocycles. The van der Waals surface area contributed by atoms with Gasteiger partial charge in [-0.2, -0.15) is 0 Å². The Hall–Kier alpha value is -0.220. The Morgan fingerprint density at radius 2 is 2.67 bits per heavy atom. The third-order valence-corrected chi connectivity index (χ3v) is 2.09. The molecule has 51 valence electrons. The lowest BCUT2D eigenvalue weighted by molar-refractivity contribution is -0.121. The third kappa shape index (κ3) is 1.59. The lowest BCUT2D eigenvalue weighted by Gasteiger charge is -2.03. The highest BCUT2D eigenvalue weighted by atomic mass is 32.2. The van der Waals surface area contributed by atoms with Gasteiger partial charge in [-0.25, -0.2) is 5.32 Å². The smallest absolute Gasteiger partial charge is 0.239 e. The van der Waals surface area contributed by atoms with Gasteiger partial charge in [0.15, 0.2) is 0 Å². The van der Waals surface area contributed by atoms with Crippen LogP contribution in [0.5, 0.6) is 0 Å². The van der Waals surface area contributed by atoms with Crippen LogP contribution in [0.1, 0.15) is 0 Å². The van der Waals surface area contributed by atoms with E-state index in [0.29, 0.717) is 0 Å². The molecule has 1 heterocycles. The Morgan fingerprint density at radius 1 is 1.89 bits per heavy atom. The van der Waals surface area contributed by atoms with E-state index in [1.165, 1.54) is 0 Å². The van der Waals surface area contributed by atoms with Crippen LogP contribution in [0.2, 0.25) is 0 Å². The van der Waals surface area contributed by atoms with Gasteiger partial charge in [0.25, 0.3) is 0 Å². The van der Waals surface area contributed by atoms with E-state index < -0.39 is 0 Å². The van der Waals surface area contributed by atoms with Crippen LogP contribution in [0.25, 0.3) is 0 Å². The SMILES string of the molecule is CNC(=O)C1CSC[N]1. The van der Waals surface area contributed by atoms with E-state index in [4.69, 9.17) is 0 Å². The Kier molecular flexibility index (Phi) is 2.36. The predicted octanol–water partition coefficient (Wildman–Crippen LogP) is -0.590. The second-order valence-corrected chi connectivity index (χ2v) is 2.81. The molecular formula is C5H9N2OS. The highest BCUT2D eigenvalue weighted by molar-refractivity contribution is 7.99. The van der Waals surface area contributed by atoms with Crippen molar-refractivity contribution in [1.29, 1.82) is 0 Å². The number of rotatable bonds is 1. The van der Waals surface area contributed by atoms with Crippen molar-refractivity contribution in [2.45, 2.75) is 6.04 Å². The first-order valence-corrected chi connectivity index (χ1v) is 3.96. The number of amides is 1. The molecule has 1 saturated heterocycles. The number of thioether (sulfide) groups is 1. The number of likely N-dealkylation sites (N-methyl/N-ethyl adjacent to an activating group) is 1. The van der Waals surface area contributed by atoms with Crippen molar-refractivity contribution >= 4 is 17.7 Å². The average molecular weight is 145 g/mol. The lowest BCUT2D eigenvalue weighted by atomic mass is 10.3. The lowest BCUT2D eigenvalue weighted by Crippen LogP contribution is -2.36. The summed E-state index contributed by atoms with van der Waals surface area (Å²) in [4.78, 5) is 10.8. The second kappa shape index (κ2) is 3.08. The molecule has 0 aromatic rings. The summed E-state index contributed by atoms with van der Waals surface area (Å²) in [5.74, 6) is 1.66. The standard InChI is InChI=1S/C5H9N2OS/c1-6-5(8)4-2-9-3-7-4/h4H,2-3H2,1H3,(H,6,8). The fourth-order valence-electron chi connectivity index (χ4n) is 0.685. The van der Waals surface area contributed by atoms with Crippen molar-refractivity contribution < 1.29 is 4.79 Å². The van der Waals surface area contributed by atoms with E-state index in [9.17, 15) is 4.79 Å². The molecule has 0 bridgehead atoms. The molecule has 0 aromatic carbocycles. The molecule has 1 aliphatic rings. The Labute approximate surface area is 58.6 Å². The molecule has 1 rings (SSSR count). The third-order valence-electron chi connectivity index (χ3n) is 1.21. The zero-order valence-corrected chi connectivity index (χ0v) is 6.07. The maximum atomic E-state index is 10.8. The molecule has 3 nitrogen and oxygen atoms in total. The Bertz CT molecular complexity index is 112. The van der Waals surface area contributed by atoms with Gasteiger partial charge in [-0.05, 0) is 0 Å². The molecule has 4 heteroatoms. The Balaban J connectivity index is 2.32. The minimum absolute atomic E-state index is 0.0417. The van der Waals surface area contributed by atoms with Gasteiger partial charge < -0.3 is 5.32 Å². The zero-order valence-electron chi connectivity index (χ0n) is 5.26. The molecule has 1 radical (unpaired) electrons. The first-order valence-electron chi connectivity index (χ1n) is 2.80. The molecule has 1 fully saturated rings. The van der Waals surface area contributed by atoms with Crippen molar-refractivity contribution in [1.82, 2.24) is 10.6 Å². The van der Waals surface area contributed by atoms with Gasteiger partial charge in [0.2, 0.25) is 5.91 Å². The first-order chi connectivity index (χ1) is 4.34. The monoisotopic (exact) mass is 145 g/mol. The molecular weight excluding hydrogens is 136 g/mol. The highest BCUT2D eigenvalue weighted by Crippen LogP contribution is 2.10. The average Bonchev–Trinajstić information content (AvgIpc) is 2.37. The molecule has 1 amide bonds. The number of hydrogen-bond acceptors (Lipinski definition) is 2. The van der Waals surface area contributed by atoms with Gasteiger partial charge >= 0.3 is 0 Å². The van der Waals surface area contributed by atoms with Crippen LogP contribution in [-0.2, 0) is 4.79 Å². The van der Waals surface area contributed by atoms with Gasteiger partial charge in [-0.3, -0.25) is 4.79 Å². The fraction of sp³-hybridized carbons (Fsp3) is 0.800. The molecule has 1 aliphatic heterocycles. The van der Waals surface area contributed by atoms with Crippen LogP contribution in [-0.4, -0.2) is 30.6 Å². The number of nitrogens with one attached hydrogen (secondary N) is 1. The minimum atomic E-state index is -0.0833. The van der Waals surface area contributed by atoms with Gasteiger partial charge in [-0.15, -0.1) is 11.8 Å². The van der Waals surface area contributed by atoms with Crippen LogP contribution < -0.4 is 10.6 Å². The van der Waals surface area contributed by atoms with E-state index in [-0.39, 0.29) is 11.9 Å². The van der Waals surface area contributed by atoms with Crippen molar-refractivity contribution in [2.75, 3.05) is 18.7 Å². The summed E-state index contributed by atoms with van der Waals surface area (Å²) < 4.78 is 0. The molecule has 9 heavy (non-hydrogen) atoms. The number of hydrogen-bond donors (Lipinski definition) is 1. The van der Waals surface area contributed by atoms with Gasteiger partial charge in [-0.1, -0.05) is 0 Å². The van der Waals surface area contributed by atoms with E-state index in [1.54, 1.807) is 18.8 Å². The van der Waals surface area contributed by atoms with Gasteiger partial charge in [0, 0.05) is 12.8 Å². The zero-order chi connectivity index (χ0) is 6.69. The van der Waals surface area contributed by atoms with E-state index in [2.05, 4.69) is 10.6 Å². The molecule has 0 spiro atoms.